The maximum absolute atomic E-state index is 13.0. The zero-order chi connectivity index (χ0) is 18.3. The third kappa shape index (κ3) is 2.57. The van der Waals surface area contributed by atoms with Crippen LogP contribution >= 0.6 is 0 Å². The summed E-state index contributed by atoms with van der Waals surface area (Å²) in [7, 11) is 0. The number of hydrogen-bond donors (Lipinski definition) is 1. The van der Waals surface area contributed by atoms with Gasteiger partial charge in [-0.1, -0.05) is 62.6 Å². The molecule has 132 valence electrons. The molecule has 1 fully saturated rings. The average Bonchev–Trinajstić information content (AvgIpc) is 2.66. The molecule has 0 aromatic heterocycles. The van der Waals surface area contributed by atoms with Crippen LogP contribution in [0.3, 0.4) is 0 Å². The highest BCUT2D eigenvalue weighted by atomic mass is 16.2. The van der Waals surface area contributed by atoms with Gasteiger partial charge in [0.1, 0.15) is 0 Å². The first-order valence-electron chi connectivity index (χ1n) is 9.14. The summed E-state index contributed by atoms with van der Waals surface area (Å²) in [5.41, 5.74) is 1.51. The van der Waals surface area contributed by atoms with E-state index in [2.05, 4.69) is 5.32 Å². The number of hydrogen-bond acceptors (Lipinski definition) is 3. The monoisotopic (exact) mass is 347 g/mol. The fourth-order valence-electron chi connectivity index (χ4n) is 4.08. The first-order valence-corrected chi connectivity index (χ1v) is 9.14. The molecule has 2 aliphatic rings. The minimum absolute atomic E-state index is 0.0651. The van der Waals surface area contributed by atoms with Crippen molar-refractivity contribution in [2.24, 2.45) is 5.41 Å². The summed E-state index contributed by atoms with van der Waals surface area (Å²) in [5, 5.41) is 2.95. The zero-order valence-corrected chi connectivity index (χ0v) is 14.8. The minimum Gasteiger partial charge on any atom is -0.325 e. The van der Waals surface area contributed by atoms with Gasteiger partial charge in [0, 0.05) is 22.1 Å². The number of carbonyl (C=O) groups is 3. The van der Waals surface area contributed by atoms with Crippen molar-refractivity contribution in [2.75, 3.05) is 5.32 Å². The number of rotatable bonds is 2. The molecule has 0 heterocycles. The quantitative estimate of drug-likeness (QED) is 0.749. The number of ketones is 2. The van der Waals surface area contributed by atoms with Crippen LogP contribution < -0.4 is 5.32 Å². The molecule has 1 N–H and O–H groups in total. The molecule has 2 aromatic carbocycles. The standard InChI is InChI=1S/C22H21NO3/c1-22(12-5-2-6-13-22)21(26)23-17-11-7-10-16-18(17)20(25)15-9-4-3-8-14(15)19(16)24/h3-4,7-11H,2,5-6,12-13H2,1H3,(H,23,26). The predicted octanol–water partition coefficient (Wildman–Crippen LogP) is 4.37. The van der Waals surface area contributed by atoms with E-state index < -0.39 is 5.41 Å². The zero-order valence-electron chi connectivity index (χ0n) is 14.8. The Balaban J connectivity index is 1.73. The van der Waals surface area contributed by atoms with Gasteiger partial charge >= 0.3 is 0 Å². The molecular weight excluding hydrogens is 326 g/mol. The second-order valence-electron chi connectivity index (χ2n) is 7.51. The van der Waals surface area contributed by atoms with Crippen LogP contribution in [0.25, 0.3) is 0 Å². The largest absolute Gasteiger partial charge is 0.325 e. The van der Waals surface area contributed by atoms with E-state index in [0.717, 1.165) is 32.1 Å². The van der Waals surface area contributed by atoms with Gasteiger partial charge in [0.2, 0.25) is 5.91 Å². The Labute approximate surface area is 152 Å². The maximum Gasteiger partial charge on any atom is 0.230 e. The van der Waals surface area contributed by atoms with E-state index in [1.165, 1.54) is 0 Å². The minimum atomic E-state index is -0.416. The Morgan fingerprint density at radius 2 is 1.46 bits per heavy atom. The van der Waals surface area contributed by atoms with Crippen LogP contribution in [-0.2, 0) is 4.79 Å². The Bertz CT molecular complexity index is 923. The van der Waals surface area contributed by atoms with E-state index in [0.29, 0.717) is 27.9 Å². The first kappa shape index (κ1) is 16.7. The van der Waals surface area contributed by atoms with Gasteiger partial charge < -0.3 is 5.32 Å². The summed E-state index contributed by atoms with van der Waals surface area (Å²) >= 11 is 0. The SMILES string of the molecule is CC1(C(=O)Nc2cccc3c2C(=O)c2ccccc2C3=O)CCCCC1. The lowest BCUT2D eigenvalue weighted by atomic mass is 9.75. The molecule has 1 amide bonds. The lowest BCUT2D eigenvalue weighted by Crippen LogP contribution is -2.36. The van der Waals surface area contributed by atoms with Crippen molar-refractivity contribution in [1.82, 2.24) is 0 Å². The van der Waals surface area contributed by atoms with Gasteiger partial charge in [0.05, 0.1) is 11.3 Å². The molecule has 26 heavy (non-hydrogen) atoms. The lowest BCUT2D eigenvalue weighted by molar-refractivity contribution is -0.126. The fraction of sp³-hybridized carbons (Fsp3) is 0.318. The van der Waals surface area contributed by atoms with E-state index >= 15 is 0 Å². The molecule has 4 rings (SSSR count). The summed E-state index contributed by atoms with van der Waals surface area (Å²) in [4.78, 5) is 38.7. The Kier molecular flexibility index (Phi) is 3.98. The normalized spacial score (nSPS) is 18.0. The Morgan fingerprint density at radius 1 is 0.846 bits per heavy atom. The van der Waals surface area contributed by atoms with Gasteiger partial charge in [0.25, 0.3) is 0 Å². The number of anilines is 1. The molecule has 0 unspecified atom stereocenters. The molecule has 0 aliphatic heterocycles. The number of amides is 1. The van der Waals surface area contributed by atoms with Crippen molar-refractivity contribution in [3.05, 3.63) is 64.7 Å². The molecule has 0 atom stereocenters. The first-order chi connectivity index (χ1) is 12.5. The maximum atomic E-state index is 13.0. The third-order valence-corrected chi connectivity index (χ3v) is 5.71. The molecule has 0 radical (unpaired) electrons. The van der Waals surface area contributed by atoms with Crippen LogP contribution in [0.5, 0.6) is 0 Å². The van der Waals surface area contributed by atoms with Gasteiger partial charge in [-0.2, -0.15) is 0 Å². The average molecular weight is 347 g/mol. The summed E-state index contributed by atoms with van der Waals surface area (Å²) in [6.45, 7) is 1.99. The van der Waals surface area contributed by atoms with Crippen molar-refractivity contribution in [2.45, 2.75) is 39.0 Å². The highest BCUT2D eigenvalue weighted by Crippen LogP contribution is 2.38. The van der Waals surface area contributed by atoms with E-state index in [4.69, 9.17) is 0 Å². The number of benzene rings is 2. The van der Waals surface area contributed by atoms with Crippen LogP contribution in [0.4, 0.5) is 5.69 Å². The van der Waals surface area contributed by atoms with Crippen molar-refractivity contribution in [1.29, 1.82) is 0 Å². The van der Waals surface area contributed by atoms with E-state index in [-0.39, 0.29) is 17.5 Å². The second kappa shape index (κ2) is 6.20. The highest BCUT2D eigenvalue weighted by Gasteiger charge is 2.36. The van der Waals surface area contributed by atoms with Gasteiger partial charge in [-0.25, -0.2) is 0 Å². The lowest BCUT2D eigenvalue weighted by Gasteiger charge is -2.32. The van der Waals surface area contributed by atoms with Crippen LogP contribution in [-0.4, -0.2) is 17.5 Å². The summed E-state index contributed by atoms with van der Waals surface area (Å²) in [6.07, 6.45) is 4.95. The van der Waals surface area contributed by atoms with Crippen LogP contribution in [0.15, 0.2) is 42.5 Å². The molecule has 4 nitrogen and oxygen atoms in total. The molecule has 0 saturated heterocycles. The fourth-order valence-corrected chi connectivity index (χ4v) is 4.08. The summed E-state index contributed by atoms with van der Waals surface area (Å²) in [6, 6.07) is 11.9. The summed E-state index contributed by atoms with van der Waals surface area (Å²) in [5.74, 6) is -0.445. The second-order valence-corrected chi connectivity index (χ2v) is 7.51. The van der Waals surface area contributed by atoms with E-state index in [1.54, 1.807) is 42.5 Å². The molecule has 1 saturated carbocycles. The smallest absolute Gasteiger partial charge is 0.230 e. The van der Waals surface area contributed by atoms with Gasteiger partial charge in [-0.05, 0) is 18.9 Å². The molecule has 2 aliphatic carbocycles. The Hall–Kier alpha value is -2.75. The van der Waals surface area contributed by atoms with Gasteiger partial charge in [-0.15, -0.1) is 0 Å². The molecule has 0 bridgehead atoms. The predicted molar refractivity (Wildman–Crippen MR) is 99.6 cm³/mol. The third-order valence-electron chi connectivity index (χ3n) is 5.71. The van der Waals surface area contributed by atoms with Crippen LogP contribution in [0.1, 0.15) is 70.9 Å². The van der Waals surface area contributed by atoms with Crippen LogP contribution in [0, 0.1) is 5.41 Å². The molecule has 2 aromatic rings. The van der Waals surface area contributed by atoms with Crippen molar-refractivity contribution < 1.29 is 14.4 Å². The summed E-state index contributed by atoms with van der Waals surface area (Å²) < 4.78 is 0. The highest BCUT2D eigenvalue weighted by molar-refractivity contribution is 6.30. The van der Waals surface area contributed by atoms with Crippen molar-refractivity contribution in [3.8, 4) is 0 Å². The Morgan fingerprint density at radius 3 is 2.15 bits per heavy atom. The molecule has 0 spiro atoms. The number of fused-ring (bicyclic) bond motifs is 2. The van der Waals surface area contributed by atoms with Crippen molar-refractivity contribution in [3.63, 3.8) is 0 Å². The van der Waals surface area contributed by atoms with Crippen LogP contribution in [0.2, 0.25) is 0 Å². The van der Waals surface area contributed by atoms with Gasteiger partial charge in [-0.3, -0.25) is 14.4 Å². The number of nitrogens with one attached hydrogen (secondary N) is 1. The molecule has 4 heteroatoms. The van der Waals surface area contributed by atoms with Gasteiger partial charge in [0.15, 0.2) is 11.6 Å². The molecular formula is C22H21NO3. The number of carbonyl (C=O) groups excluding carboxylic acids is 3. The van der Waals surface area contributed by atoms with E-state index in [9.17, 15) is 14.4 Å². The topological polar surface area (TPSA) is 63.2 Å². The van der Waals surface area contributed by atoms with Crippen molar-refractivity contribution >= 4 is 23.2 Å². The van der Waals surface area contributed by atoms with E-state index in [1.807, 2.05) is 6.92 Å².